The zero-order valence-electron chi connectivity index (χ0n) is 10.7. The van der Waals surface area contributed by atoms with Gasteiger partial charge in [0.05, 0.1) is 5.51 Å². The molecule has 90 valence electrons. The van der Waals surface area contributed by atoms with Crippen LogP contribution in [0.4, 0.5) is 5.00 Å². The molecule has 0 spiro atoms. The molecular weight excluding hydrogens is 228 g/mol. The van der Waals surface area contributed by atoms with Crippen LogP contribution in [0, 0.1) is 6.92 Å². The zero-order chi connectivity index (χ0) is 12.6. The smallest absolute Gasteiger partial charge is 0.114 e. The van der Waals surface area contributed by atoms with Crippen LogP contribution in [0.25, 0.3) is 11.3 Å². The summed E-state index contributed by atoms with van der Waals surface area (Å²) in [7, 11) is 0. The first-order chi connectivity index (χ1) is 7.89. The van der Waals surface area contributed by atoms with Crippen LogP contribution in [0.15, 0.2) is 23.7 Å². The normalized spacial score (nSPS) is 11.8. The van der Waals surface area contributed by atoms with Crippen LogP contribution in [-0.4, -0.2) is 4.98 Å². The van der Waals surface area contributed by atoms with Crippen LogP contribution < -0.4 is 5.73 Å². The van der Waals surface area contributed by atoms with Gasteiger partial charge in [-0.15, -0.1) is 11.3 Å². The Morgan fingerprint density at radius 2 is 1.94 bits per heavy atom. The molecule has 0 aliphatic heterocycles. The molecule has 0 aliphatic rings. The standard InChI is InChI=1S/C14H18N2S/c1-9-5-6-10(14(2,3)4)7-11(9)12-13(15)17-8-16-12/h5-8H,15H2,1-4H3. The number of nitrogen functional groups attached to an aromatic ring is 1. The second kappa shape index (κ2) is 4.15. The number of hydrogen-bond acceptors (Lipinski definition) is 3. The molecule has 0 radical (unpaired) electrons. The lowest BCUT2D eigenvalue weighted by Crippen LogP contribution is -2.11. The molecule has 0 unspecified atom stereocenters. The summed E-state index contributed by atoms with van der Waals surface area (Å²) in [5.74, 6) is 0. The maximum Gasteiger partial charge on any atom is 0.114 e. The number of anilines is 1. The quantitative estimate of drug-likeness (QED) is 0.826. The van der Waals surface area contributed by atoms with Gasteiger partial charge in [-0.25, -0.2) is 4.98 Å². The van der Waals surface area contributed by atoms with E-state index in [0.717, 1.165) is 16.3 Å². The highest BCUT2D eigenvalue weighted by Crippen LogP contribution is 2.33. The average molecular weight is 246 g/mol. The van der Waals surface area contributed by atoms with Gasteiger partial charge in [0.25, 0.3) is 0 Å². The maximum atomic E-state index is 5.96. The van der Waals surface area contributed by atoms with Gasteiger partial charge in [0, 0.05) is 5.56 Å². The van der Waals surface area contributed by atoms with Crippen LogP contribution >= 0.6 is 11.3 Å². The molecule has 1 aromatic carbocycles. The molecule has 2 nitrogen and oxygen atoms in total. The van der Waals surface area contributed by atoms with E-state index in [4.69, 9.17) is 5.73 Å². The highest BCUT2D eigenvalue weighted by Gasteiger charge is 2.16. The van der Waals surface area contributed by atoms with Crippen molar-refractivity contribution in [3.63, 3.8) is 0 Å². The fourth-order valence-corrected chi connectivity index (χ4v) is 2.35. The molecule has 0 fully saturated rings. The summed E-state index contributed by atoms with van der Waals surface area (Å²) >= 11 is 1.49. The van der Waals surface area contributed by atoms with Crippen molar-refractivity contribution in [2.24, 2.45) is 0 Å². The van der Waals surface area contributed by atoms with Crippen molar-refractivity contribution in [3.05, 3.63) is 34.8 Å². The Bertz CT molecular complexity index is 535. The van der Waals surface area contributed by atoms with E-state index in [2.05, 4.69) is 50.9 Å². The van der Waals surface area contributed by atoms with Gasteiger partial charge in [0.2, 0.25) is 0 Å². The molecule has 0 saturated carbocycles. The highest BCUT2D eigenvalue weighted by atomic mass is 32.1. The average Bonchev–Trinajstić information content (AvgIpc) is 2.63. The van der Waals surface area contributed by atoms with Crippen molar-refractivity contribution in [1.29, 1.82) is 0 Å². The Morgan fingerprint density at radius 3 is 2.47 bits per heavy atom. The van der Waals surface area contributed by atoms with E-state index in [1.54, 1.807) is 5.51 Å². The van der Waals surface area contributed by atoms with Crippen molar-refractivity contribution in [1.82, 2.24) is 4.98 Å². The lowest BCUT2D eigenvalue weighted by molar-refractivity contribution is 0.590. The minimum atomic E-state index is 0.146. The molecule has 0 bridgehead atoms. The summed E-state index contributed by atoms with van der Waals surface area (Å²) in [5.41, 5.74) is 12.5. The number of hydrogen-bond donors (Lipinski definition) is 1. The van der Waals surface area contributed by atoms with E-state index in [0.29, 0.717) is 0 Å². The summed E-state index contributed by atoms with van der Waals surface area (Å²) in [6, 6.07) is 6.54. The predicted octanol–water partition coefficient (Wildman–Crippen LogP) is 4.00. The number of rotatable bonds is 1. The molecule has 17 heavy (non-hydrogen) atoms. The highest BCUT2D eigenvalue weighted by molar-refractivity contribution is 7.14. The van der Waals surface area contributed by atoms with Gasteiger partial charge in [-0.05, 0) is 29.5 Å². The topological polar surface area (TPSA) is 38.9 Å². The number of aryl methyl sites for hydroxylation is 1. The minimum absolute atomic E-state index is 0.146. The molecule has 1 aromatic heterocycles. The third-order valence-electron chi connectivity index (χ3n) is 2.95. The lowest BCUT2D eigenvalue weighted by atomic mass is 9.85. The van der Waals surface area contributed by atoms with Gasteiger partial charge >= 0.3 is 0 Å². The molecule has 1 heterocycles. The van der Waals surface area contributed by atoms with Crippen LogP contribution in [-0.2, 0) is 5.41 Å². The summed E-state index contributed by atoms with van der Waals surface area (Å²) < 4.78 is 0. The van der Waals surface area contributed by atoms with E-state index in [1.807, 2.05) is 0 Å². The summed E-state index contributed by atoms with van der Waals surface area (Å²) in [6.07, 6.45) is 0. The Morgan fingerprint density at radius 1 is 1.24 bits per heavy atom. The number of thiazole rings is 1. The zero-order valence-corrected chi connectivity index (χ0v) is 11.6. The van der Waals surface area contributed by atoms with Crippen LogP contribution in [0.3, 0.4) is 0 Å². The molecule has 0 saturated heterocycles. The van der Waals surface area contributed by atoms with Crippen molar-refractivity contribution in [3.8, 4) is 11.3 Å². The summed E-state index contributed by atoms with van der Waals surface area (Å²) in [6.45, 7) is 8.74. The van der Waals surface area contributed by atoms with E-state index in [1.165, 1.54) is 22.5 Å². The van der Waals surface area contributed by atoms with Crippen molar-refractivity contribution in [2.45, 2.75) is 33.1 Å². The SMILES string of the molecule is Cc1ccc(C(C)(C)C)cc1-c1ncsc1N. The van der Waals surface area contributed by atoms with Gasteiger partial charge in [-0.3, -0.25) is 0 Å². The molecule has 0 amide bonds. The summed E-state index contributed by atoms with van der Waals surface area (Å²) in [4.78, 5) is 4.36. The monoisotopic (exact) mass is 246 g/mol. The van der Waals surface area contributed by atoms with Crippen LogP contribution in [0.1, 0.15) is 31.9 Å². The minimum Gasteiger partial charge on any atom is -0.389 e. The first-order valence-electron chi connectivity index (χ1n) is 5.70. The third-order valence-corrected chi connectivity index (χ3v) is 3.61. The predicted molar refractivity (Wildman–Crippen MR) is 75.4 cm³/mol. The molecule has 2 aromatic rings. The number of nitrogens with two attached hydrogens (primary N) is 1. The lowest BCUT2D eigenvalue weighted by Gasteiger charge is -2.20. The maximum absolute atomic E-state index is 5.96. The van der Waals surface area contributed by atoms with E-state index in [-0.39, 0.29) is 5.41 Å². The molecule has 2 N–H and O–H groups in total. The van der Waals surface area contributed by atoms with Gasteiger partial charge in [-0.1, -0.05) is 32.9 Å². The van der Waals surface area contributed by atoms with Crippen molar-refractivity contribution < 1.29 is 0 Å². The molecule has 0 atom stereocenters. The van der Waals surface area contributed by atoms with Crippen LogP contribution in [0.2, 0.25) is 0 Å². The Labute approximate surface area is 107 Å². The first-order valence-corrected chi connectivity index (χ1v) is 6.58. The first kappa shape index (κ1) is 12.1. The second-order valence-corrected chi connectivity index (χ2v) is 6.23. The largest absolute Gasteiger partial charge is 0.389 e. The number of aromatic nitrogens is 1. The molecule has 2 rings (SSSR count). The number of nitrogens with zero attached hydrogens (tertiary/aromatic N) is 1. The van der Waals surface area contributed by atoms with Gasteiger partial charge < -0.3 is 5.73 Å². The van der Waals surface area contributed by atoms with Gasteiger partial charge in [0.15, 0.2) is 0 Å². The summed E-state index contributed by atoms with van der Waals surface area (Å²) in [5, 5.41) is 0.791. The van der Waals surface area contributed by atoms with Crippen molar-refractivity contribution >= 4 is 16.3 Å². The van der Waals surface area contributed by atoms with Crippen molar-refractivity contribution in [2.75, 3.05) is 5.73 Å². The Hall–Kier alpha value is -1.35. The van der Waals surface area contributed by atoms with E-state index >= 15 is 0 Å². The fourth-order valence-electron chi connectivity index (χ4n) is 1.80. The van der Waals surface area contributed by atoms with Crippen LogP contribution in [0.5, 0.6) is 0 Å². The third kappa shape index (κ3) is 2.34. The van der Waals surface area contributed by atoms with E-state index < -0.39 is 0 Å². The fraction of sp³-hybridized carbons (Fsp3) is 0.357. The number of benzene rings is 1. The second-order valence-electron chi connectivity index (χ2n) is 5.34. The Kier molecular flexibility index (Phi) is 2.96. The molecule has 0 aliphatic carbocycles. The molecular formula is C14H18N2S. The molecule has 3 heteroatoms. The van der Waals surface area contributed by atoms with Gasteiger partial charge in [-0.2, -0.15) is 0 Å². The van der Waals surface area contributed by atoms with E-state index in [9.17, 15) is 0 Å². The Balaban J connectivity index is 2.58. The van der Waals surface area contributed by atoms with Gasteiger partial charge in [0.1, 0.15) is 10.7 Å².